The SMILES string of the molecule is CCOC(=O)[C@H]1CCCCN1C(=O)Cn1cc(NC(=O)Cc2ccccc2OC)cn1. The van der Waals surface area contributed by atoms with E-state index in [9.17, 15) is 14.4 Å². The second-order valence-electron chi connectivity index (χ2n) is 7.31. The molecule has 2 aromatic rings. The molecular formula is C22H28N4O5. The van der Waals surface area contributed by atoms with Crippen LogP contribution in [0, 0.1) is 0 Å². The molecule has 166 valence electrons. The van der Waals surface area contributed by atoms with Crippen LogP contribution in [0.2, 0.25) is 0 Å². The van der Waals surface area contributed by atoms with E-state index in [1.54, 1.807) is 31.2 Å². The molecule has 0 radical (unpaired) electrons. The normalized spacial score (nSPS) is 15.9. The van der Waals surface area contributed by atoms with Crippen molar-refractivity contribution in [2.45, 2.75) is 45.2 Å². The van der Waals surface area contributed by atoms with Gasteiger partial charge in [0, 0.05) is 18.3 Å². The first-order chi connectivity index (χ1) is 15.0. The van der Waals surface area contributed by atoms with E-state index < -0.39 is 6.04 Å². The van der Waals surface area contributed by atoms with Crippen molar-refractivity contribution in [1.82, 2.24) is 14.7 Å². The van der Waals surface area contributed by atoms with Crippen molar-refractivity contribution in [2.24, 2.45) is 0 Å². The summed E-state index contributed by atoms with van der Waals surface area (Å²) in [5.74, 6) is -0.126. The van der Waals surface area contributed by atoms with Crippen LogP contribution in [-0.2, 0) is 32.1 Å². The number of nitrogens with zero attached hydrogens (tertiary/aromatic N) is 3. The number of benzene rings is 1. The van der Waals surface area contributed by atoms with Crippen molar-refractivity contribution in [3.63, 3.8) is 0 Å². The fraction of sp³-hybridized carbons (Fsp3) is 0.455. The first kappa shape index (κ1) is 22.3. The van der Waals surface area contributed by atoms with Crippen LogP contribution in [-0.4, -0.2) is 58.8 Å². The molecule has 1 fully saturated rings. The van der Waals surface area contributed by atoms with E-state index in [0.717, 1.165) is 18.4 Å². The molecule has 0 aliphatic carbocycles. The number of piperidine rings is 1. The zero-order chi connectivity index (χ0) is 22.2. The Morgan fingerprint density at radius 2 is 2.03 bits per heavy atom. The first-order valence-corrected chi connectivity index (χ1v) is 10.4. The van der Waals surface area contributed by atoms with E-state index in [2.05, 4.69) is 10.4 Å². The van der Waals surface area contributed by atoms with Crippen LogP contribution < -0.4 is 10.1 Å². The molecule has 9 heteroatoms. The molecule has 1 aliphatic rings. The summed E-state index contributed by atoms with van der Waals surface area (Å²) in [6.07, 6.45) is 5.59. The summed E-state index contributed by atoms with van der Waals surface area (Å²) in [7, 11) is 1.56. The van der Waals surface area contributed by atoms with Crippen LogP contribution >= 0.6 is 0 Å². The monoisotopic (exact) mass is 428 g/mol. The van der Waals surface area contributed by atoms with Crippen LogP contribution in [0.5, 0.6) is 5.75 Å². The maximum absolute atomic E-state index is 12.8. The summed E-state index contributed by atoms with van der Waals surface area (Å²) in [6.45, 7) is 2.54. The Bertz CT molecular complexity index is 926. The molecular weight excluding hydrogens is 400 g/mol. The van der Waals surface area contributed by atoms with Gasteiger partial charge < -0.3 is 19.7 Å². The molecule has 0 unspecified atom stereocenters. The zero-order valence-electron chi connectivity index (χ0n) is 17.9. The maximum Gasteiger partial charge on any atom is 0.328 e. The zero-order valence-corrected chi connectivity index (χ0v) is 17.9. The lowest BCUT2D eigenvalue weighted by atomic mass is 10.0. The van der Waals surface area contributed by atoms with Crippen molar-refractivity contribution in [1.29, 1.82) is 0 Å². The number of rotatable bonds is 8. The number of hydrogen-bond acceptors (Lipinski definition) is 6. The molecule has 2 amide bonds. The Hall–Kier alpha value is -3.36. The molecule has 1 aromatic heterocycles. The second-order valence-corrected chi connectivity index (χ2v) is 7.31. The minimum absolute atomic E-state index is 0.0156. The van der Waals surface area contributed by atoms with Gasteiger partial charge in [-0.25, -0.2) is 4.79 Å². The Labute approximate surface area is 181 Å². The largest absolute Gasteiger partial charge is 0.496 e. The van der Waals surface area contributed by atoms with Crippen LogP contribution in [0.4, 0.5) is 5.69 Å². The Balaban J connectivity index is 1.58. The van der Waals surface area contributed by atoms with Gasteiger partial charge in [-0.2, -0.15) is 5.10 Å². The van der Waals surface area contributed by atoms with Crippen LogP contribution in [0.3, 0.4) is 0 Å². The number of nitrogens with one attached hydrogen (secondary N) is 1. The molecule has 1 atom stereocenters. The molecule has 0 spiro atoms. The standard InChI is InChI=1S/C22H28N4O5/c1-3-31-22(29)18-9-6-7-11-26(18)21(28)15-25-14-17(13-23-25)24-20(27)12-16-8-4-5-10-19(16)30-2/h4-5,8,10,13-14,18H,3,6-7,9,11-12,15H2,1-2H3,(H,24,27)/t18-/m1/s1. The number of esters is 1. The number of para-hydroxylation sites is 1. The molecule has 1 aromatic carbocycles. The summed E-state index contributed by atoms with van der Waals surface area (Å²) >= 11 is 0. The van der Waals surface area contributed by atoms with Gasteiger partial charge in [-0.15, -0.1) is 0 Å². The third-order valence-corrected chi connectivity index (χ3v) is 5.14. The molecule has 9 nitrogen and oxygen atoms in total. The number of aromatic nitrogens is 2. The van der Waals surface area contributed by atoms with Crippen molar-refractivity contribution in [2.75, 3.05) is 25.6 Å². The van der Waals surface area contributed by atoms with Gasteiger partial charge in [-0.3, -0.25) is 14.3 Å². The predicted molar refractivity (Wildman–Crippen MR) is 114 cm³/mol. The second kappa shape index (κ2) is 10.6. The minimum atomic E-state index is -0.545. The van der Waals surface area contributed by atoms with E-state index in [0.29, 0.717) is 24.4 Å². The number of anilines is 1. The van der Waals surface area contributed by atoms with Crippen LogP contribution in [0.1, 0.15) is 31.7 Å². The van der Waals surface area contributed by atoms with Crippen LogP contribution in [0.15, 0.2) is 36.7 Å². The molecule has 1 saturated heterocycles. The predicted octanol–water partition coefficient (Wildman–Crippen LogP) is 2.02. The fourth-order valence-corrected chi connectivity index (χ4v) is 3.68. The molecule has 1 aliphatic heterocycles. The van der Waals surface area contributed by atoms with Gasteiger partial charge >= 0.3 is 5.97 Å². The lowest BCUT2D eigenvalue weighted by molar-refractivity contribution is -0.156. The molecule has 31 heavy (non-hydrogen) atoms. The third kappa shape index (κ3) is 5.84. The quantitative estimate of drug-likeness (QED) is 0.646. The van der Waals surface area contributed by atoms with E-state index >= 15 is 0 Å². The maximum atomic E-state index is 12.8. The van der Waals surface area contributed by atoms with E-state index in [-0.39, 0.29) is 37.4 Å². The smallest absolute Gasteiger partial charge is 0.328 e. The van der Waals surface area contributed by atoms with Gasteiger partial charge in [0.15, 0.2) is 0 Å². The summed E-state index contributed by atoms with van der Waals surface area (Å²) < 4.78 is 11.8. The third-order valence-electron chi connectivity index (χ3n) is 5.14. The number of ether oxygens (including phenoxy) is 2. The Kier molecular flexibility index (Phi) is 7.64. The van der Waals surface area contributed by atoms with Gasteiger partial charge in [0.1, 0.15) is 18.3 Å². The topological polar surface area (TPSA) is 103 Å². The van der Waals surface area contributed by atoms with Crippen molar-refractivity contribution < 1.29 is 23.9 Å². The van der Waals surface area contributed by atoms with E-state index in [1.165, 1.54) is 10.9 Å². The average Bonchev–Trinajstić information content (AvgIpc) is 3.20. The summed E-state index contributed by atoms with van der Waals surface area (Å²) in [4.78, 5) is 38.9. The fourth-order valence-electron chi connectivity index (χ4n) is 3.68. The Morgan fingerprint density at radius 1 is 1.23 bits per heavy atom. The van der Waals surface area contributed by atoms with Crippen molar-refractivity contribution >= 4 is 23.5 Å². The summed E-state index contributed by atoms with van der Waals surface area (Å²) in [6, 6.07) is 6.78. The van der Waals surface area contributed by atoms with Gasteiger partial charge in [0.05, 0.1) is 32.0 Å². The molecule has 1 N–H and O–H groups in total. The highest BCUT2D eigenvalue weighted by Gasteiger charge is 2.33. The molecule has 2 heterocycles. The summed E-state index contributed by atoms with van der Waals surface area (Å²) in [5, 5.41) is 6.95. The van der Waals surface area contributed by atoms with Crippen molar-refractivity contribution in [3.8, 4) is 5.75 Å². The van der Waals surface area contributed by atoms with E-state index in [4.69, 9.17) is 9.47 Å². The number of hydrogen-bond donors (Lipinski definition) is 1. The Morgan fingerprint density at radius 3 is 2.81 bits per heavy atom. The number of amides is 2. The van der Waals surface area contributed by atoms with Crippen LogP contribution in [0.25, 0.3) is 0 Å². The lowest BCUT2D eigenvalue weighted by Gasteiger charge is -2.34. The highest BCUT2D eigenvalue weighted by molar-refractivity contribution is 5.92. The average molecular weight is 428 g/mol. The highest BCUT2D eigenvalue weighted by Crippen LogP contribution is 2.20. The summed E-state index contributed by atoms with van der Waals surface area (Å²) in [5.41, 5.74) is 1.27. The van der Waals surface area contributed by atoms with Gasteiger partial charge in [0.2, 0.25) is 11.8 Å². The van der Waals surface area contributed by atoms with Crippen molar-refractivity contribution in [3.05, 3.63) is 42.2 Å². The van der Waals surface area contributed by atoms with Gasteiger partial charge in [-0.05, 0) is 32.3 Å². The number of likely N-dealkylation sites (tertiary alicyclic amines) is 1. The first-order valence-electron chi connectivity index (χ1n) is 10.4. The van der Waals surface area contributed by atoms with Gasteiger partial charge in [-0.1, -0.05) is 18.2 Å². The molecule has 3 rings (SSSR count). The van der Waals surface area contributed by atoms with Gasteiger partial charge in [0.25, 0.3) is 0 Å². The lowest BCUT2D eigenvalue weighted by Crippen LogP contribution is -2.49. The van der Waals surface area contributed by atoms with E-state index in [1.807, 2.05) is 18.2 Å². The molecule has 0 saturated carbocycles. The molecule has 0 bridgehead atoms. The number of carbonyl (C=O) groups is 3. The highest BCUT2D eigenvalue weighted by atomic mass is 16.5. The number of carbonyl (C=O) groups excluding carboxylic acids is 3. The number of methoxy groups -OCH3 is 1. The minimum Gasteiger partial charge on any atom is -0.496 e.